The second-order valence-corrected chi connectivity index (χ2v) is 8.71. The average molecular weight is 389 g/mol. The number of fused-ring (bicyclic) bond motifs is 1. The van der Waals surface area contributed by atoms with E-state index in [0.29, 0.717) is 29.6 Å². The first-order valence-corrected chi connectivity index (χ1v) is 10.4. The second kappa shape index (κ2) is 6.02. The topological polar surface area (TPSA) is 87.9 Å². The van der Waals surface area contributed by atoms with Crippen LogP contribution in [0.15, 0.2) is 29.0 Å². The van der Waals surface area contributed by atoms with E-state index in [-0.39, 0.29) is 5.92 Å². The lowest BCUT2D eigenvalue weighted by atomic mass is 9.79. The third-order valence-corrected chi connectivity index (χ3v) is 7.08. The van der Waals surface area contributed by atoms with Crippen LogP contribution in [0.2, 0.25) is 0 Å². The zero-order chi connectivity index (χ0) is 19.6. The molecule has 0 saturated heterocycles. The van der Waals surface area contributed by atoms with E-state index in [1.54, 1.807) is 0 Å². The summed E-state index contributed by atoms with van der Waals surface area (Å²) >= 11 is 0. The summed E-state index contributed by atoms with van der Waals surface area (Å²) in [5, 5.41) is 4.21. The van der Waals surface area contributed by atoms with Gasteiger partial charge in [-0.25, -0.2) is 0 Å². The lowest BCUT2D eigenvalue weighted by molar-refractivity contribution is -0.134. The Bertz CT molecular complexity index is 1100. The van der Waals surface area contributed by atoms with Gasteiger partial charge in [-0.2, -0.15) is 4.98 Å². The van der Waals surface area contributed by atoms with Crippen LogP contribution in [0.4, 0.5) is 0 Å². The van der Waals surface area contributed by atoms with Crippen molar-refractivity contribution in [1.82, 2.24) is 25.0 Å². The van der Waals surface area contributed by atoms with Crippen molar-refractivity contribution in [3.63, 3.8) is 0 Å². The van der Waals surface area contributed by atoms with Gasteiger partial charge < -0.3 is 14.4 Å². The van der Waals surface area contributed by atoms with Gasteiger partial charge in [0.2, 0.25) is 11.7 Å². The molecule has 0 aromatic carbocycles. The third-order valence-electron chi connectivity index (χ3n) is 7.08. The minimum atomic E-state index is 0.260. The van der Waals surface area contributed by atoms with Crippen LogP contribution >= 0.6 is 0 Å². The fourth-order valence-electron chi connectivity index (χ4n) is 5.13. The first-order valence-electron chi connectivity index (χ1n) is 10.4. The minimum absolute atomic E-state index is 0.260. The number of H-pyrrole nitrogens is 1. The van der Waals surface area contributed by atoms with Gasteiger partial charge in [-0.3, -0.25) is 9.78 Å². The fraction of sp³-hybridized carbons (Fsp3) is 0.455. The first-order chi connectivity index (χ1) is 14.1. The van der Waals surface area contributed by atoms with E-state index in [1.807, 2.05) is 36.4 Å². The molecule has 2 fully saturated rings. The highest BCUT2D eigenvalue weighted by atomic mass is 16.5. The molecule has 1 amide bonds. The molecule has 7 heteroatoms. The maximum Gasteiger partial charge on any atom is 0.274 e. The highest BCUT2D eigenvalue weighted by Gasteiger charge is 2.61. The van der Waals surface area contributed by atoms with Gasteiger partial charge in [-0.15, -0.1) is 0 Å². The molecule has 29 heavy (non-hydrogen) atoms. The summed E-state index contributed by atoms with van der Waals surface area (Å²) < 4.78 is 5.47. The van der Waals surface area contributed by atoms with Gasteiger partial charge in [0.15, 0.2) is 0 Å². The Kier molecular flexibility index (Phi) is 3.52. The molecule has 1 aliphatic heterocycles. The van der Waals surface area contributed by atoms with Crippen molar-refractivity contribution in [3.8, 4) is 23.0 Å². The number of nitrogens with one attached hydrogen (secondary N) is 1. The molecule has 148 valence electrons. The van der Waals surface area contributed by atoms with E-state index >= 15 is 0 Å². The molecular formula is C22H23N5O2. The van der Waals surface area contributed by atoms with Crippen LogP contribution in [0.1, 0.15) is 42.5 Å². The van der Waals surface area contributed by atoms with Crippen LogP contribution in [0.5, 0.6) is 0 Å². The molecule has 3 aliphatic rings. The van der Waals surface area contributed by atoms with Crippen LogP contribution in [-0.2, 0) is 17.8 Å². The Hall–Kier alpha value is -2.96. The van der Waals surface area contributed by atoms with Crippen LogP contribution in [0, 0.1) is 18.3 Å². The van der Waals surface area contributed by atoms with E-state index in [4.69, 9.17) is 4.52 Å². The van der Waals surface area contributed by atoms with Gasteiger partial charge in [0.05, 0.1) is 0 Å². The highest BCUT2D eigenvalue weighted by molar-refractivity contribution is 5.83. The lowest BCUT2D eigenvalue weighted by Gasteiger charge is -2.32. The van der Waals surface area contributed by atoms with E-state index in [0.717, 1.165) is 41.9 Å². The van der Waals surface area contributed by atoms with Crippen LogP contribution in [0.25, 0.3) is 23.0 Å². The van der Waals surface area contributed by atoms with Crippen molar-refractivity contribution in [1.29, 1.82) is 0 Å². The van der Waals surface area contributed by atoms with Crippen molar-refractivity contribution >= 4 is 5.91 Å². The smallest absolute Gasteiger partial charge is 0.274 e. The van der Waals surface area contributed by atoms with Gasteiger partial charge in [-0.05, 0) is 61.3 Å². The number of rotatable bonds is 3. The molecule has 3 aromatic rings. The normalized spacial score (nSPS) is 21.7. The van der Waals surface area contributed by atoms with Crippen molar-refractivity contribution < 1.29 is 9.32 Å². The molecule has 1 atom stereocenters. The summed E-state index contributed by atoms with van der Waals surface area (Å²) in [7, 11) is 0. The monoisotopic (exact) mass is 389 g/mol. The van der Waals surface area contributed by atoms with E-state index in [1.165, 1.54) is 24.8 Å². The molecule has 0 unspecified atom stereocenters. The quantitative estimate of drug-likeness (QED) is 0.741. The zero-order valence-corrected chi connectivity index (χ0v) is 16.4. The van der Waals surface area contributed by atoms with Crippen molar-refractivity contribution in [2.24, 2.45) is 11.3 Å². The van der Waals surface area contributed by atoms with Crippen LogP contribution in [-0.4, -0.2) is 37.5 Å². The number of pyridine rings is 1. The highest BCUT2D eigenvalue weighted by Crippen LogP contribution is 2.66. The summed E-state index contributed by atoms with van der Waals surface area (Å²) in [6, 6.07) is 3.80. The maximum absolute atomic E-state index is 13.0. The predicted molar refractivity (Wildman–Crippen MR) is 106 cm³/mol. The number of aromatic nitrogens is 4. The SMILES string of the molecule is Cc1ncc2c(c1-c1noc(-c3ccc[nH]3)n1)CCN(C(=O)[C@@H]1CC13CCC3)C2. The Labute approximate surface area is 168 Å². The zero-order valence-electron chi connectivity index (χ0n) is 16.4. The van der Waals surface area contributed by atoms with E-state index < -0.39 is 0 Å². The van der Waals surface area contributed by atoms with Crippen molar-refractivity contribution in [2.75, 3.05) is 6.54 Å². The molecule has 0 radical (unpaired) electrons. The van der Waals surface area contributed by atoms with Crippen LogP contribution in [0.3, 0.4) is 0 Å². The summed E-state index contributed by atoms with van der Waals surface area (Å²) in [5.41, 5.74) is 5.28. The number of aromatic amines is 1. The number of hydrogen-bond acceptors (Lipinski definition) is 5. The van der Waals surface area contributed by atoms with E-state index in [2.05, 4.69) is 20.1 Å². The summed E-state index contributed by atoms with van der Waals surface area (Å²) in [6.07, 6.45) is 9.39. The minimum Gasteiger partial charge on any atom is -0.357 e. The Morgan fingerprint density at radius 1 is 1.38 bits per heavy atom. The van der Waals surface area contributed by atoms with Gasteiger partial charge in [0.1, 0.15) is 5.69 Å². The number of aryl methyl sites for hydroxylation is 1. The molecule has 2 aliphatic carbocycles. The summed E-state index contributed by atoms with van der Waals surface area (Å²) in [4.78, 5) is 27.3. The summed E-state index contributed by atoms with van der Waals surface area (Å²) in [5.74, 6) is 1.63. The van der Waals surface area contributed by atoms with Gasteiger partial charge in [0, 0.05) is 42.7 Å². The largest absolute Gasteiger partial charge is 0.357 e. The fourth-order valence-corrected chi connectivity index (χ4v) is 5.13. The van der Waals surface area contributed by atoms with Gasteiger partial charge in [0.25, 0.3) is 5.89 Å². The van der Waals surface area contributed by atoms with Gasteiger partial charge >= 0.3 is 0 Å². The number of amides is 1. The standard InChI is InChI=1S/C22H23N5O2/c1-13-18(19-25-20(29-26-19)17-4-2-8-23-17)15-5-9-27(12-14(15)11-24-13)21(28)16-10-22(16)6-3-7-22/h2,4,8,11,16,23H,3,5-7,9-10,12H2,1H3/t16-/m0/s1. The molecule has 2 saturated carbocycles. The van der Waals surface area contributed by atoms with Crippen molar-refractivity contribution in [2.45, 2.75) is 45.6 Å². The second-order valence-electron chi connectivity index (χ2n) is 8.71. The van der Waals surface area contributed by atoms with E-state index in [9.17, 15) is 4.79 Å². The Morgan fingerprint density at radius 3 is 3.00 bits per heavy atom. The lowest BCUT2D eigenvalue weighted by Crippen LogP contribution is -2.39. The molecule has 0 bridgehead atoms. The molecule has 7 nitrogen and oxygen atoms in total. The molecule has 1 spiro atoms. The predicted octanol–water partition coefficient (Wildman–Crippen LogP) is 3.51. The summed E-state index contributed by atoms with van der Waals surface area (Å²) in [6.45, 7) is 3.35. The molecule has 1 N–H and O–H groups in total. The molecule has 6 rings (SSSR count). The maximum atomic E-state index is 13.0. The third kappa shape index (κ3) is 2.56. The Balaban J connectivity index is 1.29. The number of carbonyl (C=O) groups is 1. The average Bonchev–Trinajstić information content (AvgIpc) is 3.04. The Morgan fingerprint density at radius 2 is 2.28 bits per heavy atom. The van der Waals surface area contributed by atoms with Gasteiger partial charge in [-0.1, -0.05) is 11.6 Å². The van der Waals surface area contributed by atoms with Crippen LogP contribution < -0.4 is 0 Å². The first kappa shape index (κ1) is 16.9. The molecule has 3 aromatic heterocycles. The number of hydrogen-bond donors (Lipinski definition) is 1. The molecular weight excluding hydrogens is 366 g/mol. The van der Waals surface area contributed by atoms with Crippen molar-refractivity contribution in [3.05, 3.63) is 41.3 Å². The molecule has 4 heterocycles. The number of nitrogens with zero attached hydrogens (tertiary/aromatic N) is 4. The number of carbonyl (C=O) groups excluding carboxylic acids is 1.